The number of nitriles is 1. The third-order valence-electron chi connectivity index (χ3n) is 2.83. The van der Waals surface area contributed by atoms with Gasteiger partial charge in [-0.25, -0.2) is 9.50 Å². The lowest BCUT2D eigenvalue weighted by molar-refractivity contribution is -0.141. The first-order valence-electron chi connectivity index (χ1n) is 6.01. The Kier molecular flexibility index (Phi) is 3.79. The fourth-order valence-corrected chi connectivity index (χ4v) is 1.89. The molecular weight excluding hydrogens is 271 g/mol. The second-order valence-electron chi connectivity index (χ2n) is 4.10. The lowest BCUT2D eigenvalue weighted by Crippen LogP contribution is -2.25. The highest BCUT2D eigenvalue weighted by Gasteiger charge is 2.34. The highest BCUT2D eigenvalue weighted by Crippen LogP contribution is 2.30. The Morgan fingerprint density at radius 1 is 1.45 bits per heavy atom. The van der Waals surface area contributed by atoms with Crippen LogP contribution in [-0.4, -0.2) is 27.7 Å². The average Bonchev–Trinajstić information content (AvgIpc) is 2.84. The summed E-state index contributed by atoms with van der Waals surface area (Å²) in [7, 11) is 0. The molecule has 0 saturated carbocycles. The maximum atomic E-state index is 12.7. The van der Waals surface area contributed by atoms with E-state index in [1.54, 1.807) is 4.90 Å². The van der Waals surface area contributed by atoms with E-state index in [1.165, 1.54) is 12.4 Å². The van der Waals surface area contributed by atoms with Gasteiger partial charge in [-0.05, 0) is 6.92 Å². The predicted molar refractivity (Wildman–Crippen MR) is 66.1 cm³/mol. The van der Waals surface area contributed by atoms with Crippen molar-refractivity contribution >= 4 is 11.3 Å². The third kappa shape index (κ3) is 2.66. The summed E-state index contributed by atoms with van der Waals surface area (Å²) < 4.78 is 39.2. The Morgan fingerprint density at radius 2 is 2.20 bits per heavy atom. The van der Waals surface area contributed by atoms with Gasteiger partial charge in [0.2, 0.25) is 0 Å². The van der Waals surface area contributed by atoms with E-state index in [1.807, 2.05) is 13.0 Å². The Labute approximate surface area is 113 Å². The SMILES string of the molecule is CCN(CCC#N)c1nccn2nc(C(F)(F)F)cc12. The highest BCUT2D eigenvalue weighted by molar-refractivity contribution is 5.69. The number of halogens is 3. The van der Waals surface area contributed by atoms with E-state index in [0.29, 0.717) is 18.9 Å². The number of rotatable bonds is 4. The number of aromatic nitrogens is 3. The molecule has 0 aromatic carbocycles. The molecule has 0 N–H and O–H groups in total. The smallest absolute Gasteiger partial charge is 0.354 e. The normalized spacial score (nSPS) is 11.6. The first-order chi connectivity index (χ1) is 9.47. The Balaban J connectivity index is 2.48. The van der Waals surface area contributed by atoms with Crippen molar-refractivity contribution in [1.29, 1.82) is 5.26 Å². The second-order valence-corrected chi connectivity index (χ2v) is 4.10. The Morgan fingerprint density at radius 3 is 2.80 bits per heavy atom. The Hall–Kier alpha value is -2.30. The number of hydrogen-bond acceptors (Lipinski definition) is 4. The molecule has 0 saturated heterocycles. The van der Waals surface area contributed by atoms with E-state index < -0.39 is 11.9 Å². The van der Waals surface area contributed by atoms with Gasteiger partial charge in [0, 0.05) is 31.5 Å². The van der Waals surface area contributed by atoms with Crippen LogP contribution in [0.2, 0.25) is 0 Å². The number of anilines is 1. The summed E-state index contributed by atoms with van der Waals surface area (Å²) in [5.74, 6) is 0.397. The predicted octanol–water partition coefficient (Wildman–Crippen LogP) is 2.49. The van der Waals surface area contributed by atoms with Crippen molar-refractivity contribution in [3.05, 3.63) is 24.2 Å². The summed E-state index contributed by atoms with van der Waals surface area (Å²) >= 11 is 0. The molecule has 0 radical (unpaired) electrons. The maximum Gasteiger partial charge on any atom is 0.435 e. The molecular formula is C12H12F3N5. The van der Waals surface area contributed by atoms with Crippen LogP contribution in [0.1, 0.15) is 19.0 Å². The minimum absolute atomic E-state index is 0.275. The van der Waals surface area contributed by atoms with Crippen molar-refractivity contribution < 1.29 is 13.2 Å². The van der Waals surface area contributed by atoms with Gasteiger partial charge < -0.3 is 4.90 Å². The molecule has 0 unspecified atom stereocenters. The molecule has 2 heterocycles. The van der Waals surface area contributed by atoms with Crippen molar-refractivity contribution in [2.24, 2.45) is 0 Å². The number of fused-ring (bicyclic) bond motifs is 1. The van der Waals surface area contributed by atoms with E-state index in [9.17, 15) is 13.2 Å². The quantitative estimate of drug-likeness (QED) is 0.865. The summed E-state index contributed by atoms with van der Waals surface area (Å²) in [5, 5.41) is 12.1. The molecule has 0 spiro atoms. The molecule has 2 aromatic rings. The summed E-state index contributed by atoms with van der Waals surface area (Å²) in [4.78, 5) is 5.87. The van der Waals surface area contributed by atoms with Gasteiger partial charge in [0.1, 0.15) is 5.52 Å². The zero-order valence-corrected chi connectivity index (χ0v) is 10.7. The van der Waals surface area contributed by atoms with Crippen LogP contribution in [0.3, 0.4) is 0 Å². The molecule has 8 heteroatoms. The van der Waals surface area contributed by atoms with Crippen molar-refractivity contribution in [2.45, 2.75) is 19.5 Å². The standard InChI is InChI=1S/C12H12F3N5/c1-2-19(6-3-4-16)11-9-8-10(12(13,14)15)18-20(9)7-5-17-11/h5,7-8H,2-3,6H2,1H3. The average molecular weight is 283 g/mol. The van der Waals surface area contributed by atoms with E-state index in [0.717, 1.165) is 10.6 Å². The van der Waals surface area contributed by atoms with Gasteiger partial charge >= 0.3 is 6.18 Å². The van der Waals surface area contributed by atoms with Gasteiger partial charge in [0.05, 0.1) is 12.5 Å². The molecule has 0 amide bonds. The van der Waals surface area contributed by atoms with E-state index in [2.05, 4.69) is 10.1 Å². The van der Waals surface area contributed by atoms with Crippen molar-refractivity contribution in [3.63, 3.8) is 0 Å². The molecule has 0 atom stereocenters. The monoisotopic (exact) mass is 283 g/mol. The van der Waals surface area contributed by atoms with Gasteiger partial charge in [-0.15, -0.1) is 0 Å². The molecule has 20 heavy (non-hydrogen) atoms. The number of nitrogens with zero attached hydrogens (tertiary/aromatic N) is 5. The first-order valence-corrected chi connectivity index (χ1v) is 6.01. The largest absolute Gasteiger partial charge is 0.435 e. The van der Waals surface area contributed by atoms with Gasteiger partial charge in [-0.1, -0.05) is 0 Å². The van der Waals surface area contributed by atoms with Crippen LogP contribution in [0.15, 0.2) is 18.5 Å². The summed E-state index contributed by atoms with van der Waals surface area (Å²) in [6.45, 7) is 2.80. The first kappa shape index (κ1) is 14.1. The van der Waals surface area contributed by atoms with Gasteiger partial charge in [-0.3, -0.25) is 0 Å². The molecule has 5 nitrogen and oxygen atoms in total. The Bertz CT molecular complexity index is 641. The fourth-order valence-electron chi connectivity index (χ4n) is 1.89. The molecule has 0 aliphatic carbocycles. The molecule has 2 rings (SSSR count). The zero-order chi connectivity index (χ0) is 14.8. The molecule has 0 fully saturated rings. The van der Waals surface area contributed by atoms with Gasteiger partial charge in [0.15, 0.2) is 11.5 Å². The fraction of sp³-hybridized carbons (Fsp3) is 0.417. The van der Waals surface area contributed by atoms with E-state index >= 15 is 0 Å². The molecule has 0 aliphatic rings. The second kappa shape index (κ2) is 5.36. The number of alkyl halides is 3. The van der Waals surface area contributed by atoms with Crippen LogP contribution >= 0.6 is 0 Å². The molecule has 0 bridgehead atoms. The topological polar surface area (TPSA) is 57.2 Å². The van der Waals surface area contributed by atoms with Crippen LogP contribution in [0.25, 0.3) is 5.52 Å². The zero-order valence-electron chi connectivity index (χ0n) is 10.7. The van der Waals surface area contributed by atoms with Crippen molar-refractivity contribution in [2.75, 3.05) is 18.0 Å². The minimum atomic E-state index is -4.49. The third-order valence-corrected chi connectivity index (χ3v) is 2.83. The summed E-state index contributed by atoms with van der Waals surface area (Å²) in [6.07, 6.45) is -1.46. The van der Waals surface area contributed by atoms with Crippen LogP contribution in [0.4, 0.5) is 19.0 Å². The molecule has 106 valence electrons. The lowest BCUT2D eigenvalue weighted by Gasteiger charge is -2.20. The van der Waals surface area contributed by atoms with Crippen molar-refractivity contribution in [1.82, 2.24) is 14.6 Å². The minimum Gasteiger partial charge on any atom is -0.354 e. The van der Waals surface area contributed by atoms with Crippen LogP contribution < -0.4 is 4.90 Å². The number of hydrogen-bond donors (Lipinski definition) is 0. The van der Waals surface area contributed by atoms with Crippen LogP contribution in [0.5, 0.6) is 0 Å². The van der Waals surface area contributed by atoms with Gasteiger partial charge in [0.25, 0.3) is 0 Å². The van der Waals surface area contributed by atoms with Crippen molar-refractivity contribution in [3.8, 4) is 6.07 Å². The highest BCUT2D eigenvalue weighted by atomic mass is 19.4. The van der Waals surface area contributed by atoms with Gasteiger partial charge in [-0.2, -0.15) is 23.5 Å². The summed E-state index contributed by atoms with van der Waals surface area (Å²) in [6, 6.07) is 2.98. The molecule has 2 aromatic heterocycles. The maximum absolute atomic E-state index is 12.7. The van der Waals surface area contributed by atoms with E-state index in [4.69, 9.17) is 5.26 Å². The van der Waals surface area contributed by atoms with Crippen LogP contribution in [-0.2, 0) is 6.18 Å². The summed E-state index contributed by atoms with van der Waals surface area (Å²) in [5.41, 5.74) is -0.678. The lowest BCUT2D eigenvalue weighted by atomic mass is 10.3. The van der Waals surface area contributed by atoms with E-state index in [-0.39, 0.29) is 11.9 Å². The molecule has 0 aliphatic heterocycles. The van der Waals surface area contributed by atoms with Crippen LogP contribution in [0, 0.1) is 11.3 Å².